The minimum Gasteiger partial charge on any atom is -0.354 e. The highest BCUT2D eigenvalue weighted by Gasteiger charge is 2.23. The van der Waals surface area contributed by atoms with Crippen LogP contribution < -0.4 is 4.90 Å². The lowest BCUT2D eigenvalue weighted by Crippen LogP contribution is -2.25. The average molecular weight is 271 g/mol. The zero-order chi connectivity index (χ0) is 13.1. The van der Waals surface area contributed by atoms with Gasteiger partial charge in [-0.2, -0.15) is 4.98 Å². The normalized spacial score (nSPS) is 15.9. The van der Waals surface area contributed by atoms with Crippen molar-refractivity contribution < 1.29 is 4.92 Å². The molecule has 0 aliphatic heterocycles. The summed E-state index contributed by atoms with van der Waals surface area (Å²) < 4.78 is 0. The maximum absolute atomic E-state index is 10.9. The molecule has 0 spiro atoms. The monoisotopic (exact) mass is 270 g/mol. The first-order valence-corrected chi connectivity index (χ1v) is 6.34. The van der Waals surface area contributed by atoms with Crippen molar-refractivity contribution in [2.24, 2.45) is 5.92 Å². The molecule has 0 radical (unpaired) electrons. The Labute approximate surface area is 110 Å². The first kappa shape index (κ1) is 13.0. The van der Waals surface area contributed by atoms with Crippen molar-refractivity contribution in [2.75, 3.05) is 18.5 Å². The zero-order valence-corrected chi connectivity index (χ0v) is 10.9. The number of hydrogen-bond acceptors (Lipinski definition) is 5. The Bertz CT molecular complexity index is 449. The van der Waals surface area contributed by atoms with Gasteiger partial charge >= 0.3 is 5.69 Å². The first-order chi connectivity index (χ1) is 8.58. The molecule has 1 fully saturated rings. The van der Waals surface area contributed by atoms with Gasteiger partial charge in [0.1, 0.15) is 6.20 Å². The lowest BCUT2D eigenvalue weighted by Gasteiger charge is -2.21. The molecule has 6 nitrogen and oxygen atoms in total. The number of rotatable bonds is 4. The van der Waals surface area contributed by atoms with Crippen LogP contribution in [0.3, 0.4) is 0 Å². The molecule has 0 saturated heterocycles. The Balaban J connectivity index is 2.19. The van der Waals surface area contributed by atoms with Crippen molar-refractivity contribution >= 4 is 23.1 Å². The molecule has 98 valence electrons. The van der Waals surface area contributed by atoms with E-state index in [4.69, 9.17) is 11.6 Å². The van der Waals surface area contributed by atoms with Gasteiger partial charge in [-0.1, -0.05) is 12.8 Å². The van der Waals surface area contributed by atoms with Gasteiger partial charge in [0.05, 0.1) is 4.92 Å². The van der Waals surface area contributed by atoms with Crippen LogP contribution in [0.4, 0.5) is 11.5 Å². The summed E-state index contributed by atoms with van der Waals surface area (Å²) in [5.41, 5.74) is -0.0973. The topological polar surface area (TPSA) is 72.2 Å². The fraction of sp³-hybridized carbons (Fsp3) is 0.636. The van der Waals surface area contributed by atoms with E-state index >= 15 is 0 Å². The molecule has 1 saturated carbocycles. The molecule has 0 bridgehead atoms. The van der Waals surface area contributed by atoms with Crippen LogP contribution in [0.25, 0.3) is 0 Å². The maximum Gasteiger partial charge on any atom is 0.329 e. The van der Waals surface area contributed by atoms with Crippen molar-refractivity contribution in [1.29, 1.82) is 0 Å². The van der Waals surface area contributed by atoms with Gasteiger partial charge in [0.2, 0.25) is 11.1 Å². The average Bonchev–Trinajstić information content (AvgIpc) is 2.81. The molecule has 1 aromatic heterocycles. The molecule has 0 N–H and O–H groups in total. The fourth-order valence-electron chi connectivity index (χ4n) is 2.42. The highest BCUT2D eigenvalue weighted by Crippen LogP contribution is 2.30. The lowest BCUT2D eigenvalue weighted by atomic mass is 10.1. The van der Waals surface area contributed by atoms with Gasteiger partial charge in [0.25, 0.3) is 0 Å². The van der Waals surface area contributed by atoms with Gasteiger partial charge in [0, 0.05) is 13.6 Å². The van der Waals surface area contributed by atoms with Crippen LogP contribution in [-0.4, -0.2) is 28.5 Å². The van der Waals surface area contributed by atoms with Gasteiger partial charge in [-0.15, -0.1) is 0 Å². The van der Waals surface area contributed by atoms with Crippen LogP contribution in [0.1, 0.15) is 25.7 Å². The molecule has 1 aliphatic rings. The minimum absolute atomic E-state index is 0.0360. The number of aromatic nitrogens is 2. The van der Waals surface area contributed by atoms with Crippen molar-refractivity contribution in [3.05, 3.63) is 21.6 Å². The lowest BCUT2D eigenvalue weighted by molar-refractivity contribution is -0.384. The summed E-state index contributed by atoms with van der Waals surface area (Å²) in [6.07, 6.45) is 6.00. The molecule has 1 heterocycles. The number of halogens is 1. The van der Waals surface area contributed by atoms with E-state index < -0.39 is 4.92 Å². The van der Waals surface area contributed by atoms with E-state index in [0.717, 1.165) is 12.7 Å². The number of nitrogens with zero attached hydrogens (tertiary/aromatic N) is 4. The van der Waals surface area contributed by atoms with E-state index in [1.165, 1.54) is 25.7 Å². The number of nitro groups is 1. The molecule has 0 aromatic carbocycles. The van der Waals surface area contributed by atoms with E-state index in [1.54, 1.807) is 0 Å². The second-order valence-electron chi connectivity index (χ2n) is 4.64. The minimum atomic E-state index is -0.475. The molecule has 1 aromatic rings. The molecular weight excluding hydrogens is 256 g/mol. The van der Waals surface area contributed by atoms with Gasteiger partial charge in [-0.3, -0.25) is 10.1 Å². The Morgan fingerprint density at radius 2 is 2.22 bits per heavy atom. The Hall–Kier alpha value is -1.43. The summed E-state index contributed by atoms with van der Waals surface area (Å²) in [5, 5.41) is 11.0. The first-order valence-electron chi connectivity index (χ1n) is 5.96. The molecule has 7 heteroatoms. The van der Waals surface area contributed by atoms with Crippen LogP contribution in [-0.2, 0) is 0 Å². The van der Waals surface area contributed by atoms with Crippen LogP contribution in [0.2, 0.25) is 5.28 Å². The highest BCUT2D eigenvalue weighted by atomic mass is 35.5. The van der Waals surface area contributed by atoms with Crippen molar-refractivity contribution in [3.63, 3.8) is 0 Å². The standard InChI is InChI=1S/C11H15ClN4O2/c1-15(7-8-4-2-3-5-8)10-9(16(17)18)6-13-11(12)14-10/h6,8H,2-5,7H2,1H3. The summed E-state index contributed by atoms with van der Waals surface area (Å²) in [6.45, 7) is 0.772. The van der Waals surface area contributed by atoms with Gasteiger partial charge in [-0.25, -0.2) is 4.98 Å². The fourth-order valence-corrected chi connectivity index (χ4v) is 2.55. The van der Waals surface area contributed by atoms with E-state index in [2.05, 4.69) is 9.97 Å². The van der Waals surface area contributed by atoms with Crippen LogP contribution in [0.5, 0.6) is 0 Å². The third-order valence-corrected chi connectivity index (χ3v) is 3.47. The third kappa shape index (κ3) is 2.87. The number of hydrogen-bond donors (Lipinski definition) is 0. The van der Waals surface area contributed by atoms with Crippen LogP contribution >= 0.6 is 11.6 Å². The summed E-state index contributed by atoms with van der Waals surface area (Å²) >= 11 is 5.71. The summed E-state index contributed by atoms with van der Waals surface area (Å²) in [6, 6.07) is 0. The number of anilines is 1. The van der Waals surface area contributed by atoms with Crippen LogP contribution in [0.15, 0.2) is 6.20 Å². The van der Waals surface area contributed by atoms with E-state index in [1.807, 2.05) is 11.9 Å². The quantitative estimate of drug-likeness (QED) is 0.478. The van der Waals surface area contributed by atoms with Gasteiger partial charge in [-0.05, 0) is 30.4 Å². The third-order valence-electron chi connectivity index (χ3n) is 3.29. The molecule has 0 atom stereocenters. The van der Waals surface area contributed by atoms with Gasteiger partial charge < -0.3 is 4.90 Å². The predicted molar refractivity (Wildman–Crippen MR) is 68.9 cm³/mol. The van der Waals surface area contributed by atoms with E-state index in [9.17, 15) is 10.1 Å². The summed E-state index contributed by atoms with van der Waals surface area (Å²) in [7, 11) is 1.81. The molecule has 1 aliphatic carbocycles. The van der Waals surface area contributed by atoms with E-state index in [-0.39, 0.29) is 11.0 Å². The van der Waals surface area contributed by atoms with Crippen LogP contribution in [0, 0.1) is 16.0 Å². The summed E-state index contributed by atoms with van der Waals surface area (Å²) in [5.74, 6) is 0.884. The Morgan fingerprint density at radius 3 is 2.83 bits per heavy atom. The largest absolute Gasteiger partial charge is 0.354 e. The van der Waals surface area contributed by atoms with E-state index in [0.29, 0.717) is 11.7 Å². The van der Waals surface area contributed by atoms with Gasteiger partial charge in [0.15, 0.2) is 0 Å². The van der Waals surface area contributed by atoms with Crippen molar-refractivity contribution in [2.45, 2.75) is 25.7 Å². The second-order valence-corrected chi connectivity index (χ2v) is 4.97. The highest BCUT2D eigenvalue weighted by molar-refractivity contribution is 6.28. The Kier molecular flexibility index (Phi) is 3.96. The SMILES string of the molecule is CN(CC1CCCC1)c1nc(Cl)ncc1[N+](=O)[O-]. The molecule has 0 unspecified atom stereocenters. The van der Waals surface area contributed by atoms with Crippen molar-refractivity contribution in [3.8, 4) is 0 Å². The summed E-state index contributed by atoms with van der Waals surface area (Å²) in [4.78, 5) is 19.9. The molecular formula is C11H15ClN4O2. The molecule has 0 amide bonds. The predicted octanol–water partition coefficient (Wildman–Crippen LogP) is 2.66. The Morgan fingerprint density at radius 1 is 1.56 bits per heavy atom. The molecule has 2 rings (SSSR count). The second kappa shape index (κ2) is 5.48. The van der Waals surface area contributed by atoms with Crippen molar-refractivity contribution in [1.82, 2.24) is 9.97 Å². The maximum atomic E-state index is 10.9. The zero-order valence-electron chi connectivity index (χ0n) is 10.2. The smallest absolute Gasteiger partial charge is 0.329 e. The molecule has 18 heavy (non-hydrogen) atoms.